The Morgan fingerprint density at radius 3 is 2.68 bits per heavy atom. The van der Waals surface area contributed by atoms with E-state index in [1.807, 2.05) is 0 Å². The molecule has 0 aromatic heterocycles. The molecule has 19 heavy (non-hydrogen) atoms. The van der Waals surface area contributed by atoms with E-state index in [1.54, 1.807) is 6.92 Å². The molecule has 102 valence electrons. The number of amides is 1. The number of rotatable bonds is 2. The highest BCUT2D eigenvalue weighted by molar-refractivity contribution is 5.95. The lowest BCUT2D eigenvalue weighted by molar-refractivity contribution is -0.387. The van der Waals surface area contributed by atoms with Crippen molar-refractivity contribution in [2.75, 3.05) is 6.54 Å². The molecule has 1 unspecified atom stereocenters. The molecule has 0 bridgehead atoms. The van der Waals surface area contributed by atoms with E-state index in [9.17, 15) is 23.7 Å². The van der Waals surface area contributed by atoms with Crippen LogP contribution in [0.1, 0.15) is 30.1 Å². The summed E-state index contributed by atoms with van der Waals surface area (Å²) in [4.78, 5) is 23.1. The van der Waals surface area contributed by atoms with Crippen LogP contribution in [0, 0.1) is 21.7 Å². The molecule has 1 aliphatic heterocycles. The maximum absolute atomic E-state index is 13.9. The largest absolute Gasteiger partial charge is 0.336 e. The van der Waals surface area contributed by atoms with Gasteiger partial charge in [0.1, 0.15) is 5.82 Å². The van der Waals surface area contributed by atoms with E-state index in [1.165, 1.54) is 4.90 Å². The monoisotopic (exact) mass is 270 g/mol. The molecular formula is C12H12F2N2O3. The smallest absolute Gasteiger partial charge is 0.308 e. The Morgan fingerprint density at radius 2 is 2.16 bits per heavy atom. The van der Waals surface area contributed by atoms with Gasteiger partial charge in [-0.05, 0) is 25.8 Å². The van der Waals surface area contributed by atoms with Crippen LogP contribution in [0.15, 0.2) is 12.1 Å². The molecule has 1 amide bonds. The third-order valence-electron chi connectivity index (χ3n) is 3.26. The van der Waals surface area contributed by atoms with Gasteiger partial charge in [-0.3, -0.25) is 14.9 Å². The summed E-state index contributed by atoms with van der Waals surface area (Å²) in [7, 11) is 0. The molecule has 0 radical (unpaired) electrons. The molecule has 5 nitrogen and oxygen atoms in total. The average Bonchev–Trinajstić information content (AvgIpc) is 2.76. The van der Waals surface area contributed by atoms with Crippen LogP contribution in [0.5, 0.6) is 0 Å². The molecule has 2 rings (SSSR count). The topological polar surface area (TPSA) is 63.5 Å². The lowest BCUT2D eigenvalue weighted by Crippen LogP contribution is -2.34. The molecule has 1 heterocycles. The van der Waals surface area contributed by atoms with Crippen molar-refractivity contribution in [2.24, 2.45) is 0 Å². The molecule has 1 fully saturated rings. The highest BCUT2D eigenvalue weighted by Gasteiger charge is 2.31. The maximum Gasteiger partial charge on any atom is 0.308 e. The SMILES string of the molecule is CC1CCCN1C(=O)c1cc(F)cc([N+](=O)[O-])c1F. The Morgan fingerprint density at radius 1 is 1.47 bits per heavy atom. The van der Waals surface area contributed by atoms with Crippen LogP contribution < -0.4 is 0 Å². The summed E-state index contributed by atoms with van der Waals surface area (Å²) in [6.45, 7) is 2.25. The van der Waals surface area contributed by atoms with Gasteiger partial charge in [0.25, 0.3) is 5.91 Å². The number of likely N-dealkylation sites (tertiary alicyclic amines) is 1. The molecule has 1 aromatic carbocycles. The second kappa shape index (κ2) is 4.91. The van der Waals surface area contributed by atoms with E-state index >= 15 is 0 Å². The fourth-order valence-electron chi connectivity index (χ4n) is 2.25. The van der Waals surface area contributed by atoms with E-state index in [0.29, 0.717) is 18.7 Å². The van der Waals surface area contributed by atoms with Crippen LogP contribution >= 0.6 is 0 Å². The van der Waals surface area contributed by atoms with Gasteiger partial charge in [-0.1, -0.05) is 0 Å². The Hall–Kier alpha value is -2.05. The van der Waals surface area contributed by atoms with E-state index < -0.39 is 33.7 Å². The minimum Gasteiger partial charge on any atom is -0.336 e. The van der Waals surface area contributed by atoms with Crippen molar-refractivity contribution in [3.63, 3.8) is 0 Å². The quantitative estimate of drug-likeness (QED) is 0.612. The van der Waals surface area contributed by atoms with Crippen molar-refractivity contribution in [3.8, 4) is 0 Å². The highest BCUT2D eigenvalue weighted by atomic mass is 19.1. The number of benzene rings is 1. The Balaban J connectivity index is 2.44. The summed E-state index contributed by atoms with van der Waals surface area (Å²) in [6.07, 6.45) is 1.57. The molecule has 0 N–H and O–H groups in total. The normalized spacial score (nSPS) is 18.7. The summed E-state index contributed by atoms with van der Waals surface area (Å²) < 4.78 is 27.1. The van der Waals surface area contributed by atoms with E-state index in [2.05, 4.69) is 0 Å². The minimum absolute atomic E-state index is 0.0748. The number of hydrogen-bond acceptors (Lipinski definition) is 3. The summed E-state index contributed by atoms with van der Waals surface area (Å²) in [5.74, 6) is -2.98. The molecule has 1 saturated heterocycles. The number of halogens is 2. The van der Waals surface area contributed by atoms with Gasteiger partial charge in [-0.25, -0.2) is 4.39 Å². The van der Waals surface area contributed by atoms with Gasteiger partial charge in [-0.15, -0.1) is 0 Å². The molecule has 7 heteroatoms. The van der Waals surface area contributed by atoms with Crippen molar-refractivity contribution >= 4 is 11.6 Å². The first-order chi connectivity index (χ1) is 8.91. The lowest BCUT2D eigenvalue weighted by atomic mass is 10.1. The number of nitrogens with zero attached hydrogens (tertiary/aromatic N) is 2. The molecule has 1 aromatic rings. The molecule has 0 aliphatic carbocycles. The first-order valence-corrected chi connectivity index (χ1v) is 5.86. The Kier molecular flexibility index (Phi) is 3.46. The predicted octanol–water partition coefficient (Wildman–Crippen LogP) is 2.50. The van der Waals surface area contributed by atoms with Gasteiger partial charge in [0.05, 0.1) is 16.6 Å². The van der Waals surface area contributed by atoms with Crippen LogP contribution in [0.25, 0.3) is 0 Å². The molecular weight excluding hydrogens is 258 g/mol. The van der Waals surface area contributed by atoms with Crippen LogP contribution in [0.3, 0.4) is 0 Å². The summed E-state index contributed by atoms with van der Waals surface area (Å²) in [5, 5.41) is 10.6. The Labute approximate surface area is 108 Å². The number of hydrogen-bond donors (Lipinski definition) is 0. The highest BCUT2D eigenvalue weighted by Crippen LogP contribution is 2.26. The fourth-order valence-corrected chi connectivity index (χ4v) is 2.25. The summed E-state index contributed by atoms with van der Waals surface area (Å²) >= 11 is 0. The van der Waals surface area contributed by atoms with Crippen molar-refractivity contribution in [1.29, 1.82) is 0 Å². The van der Waals surface area contributed by atoms with E-state index in [0.717, 1.165) is 12.8 Å². The van der Waals surface area contributed by atoms with Gasteiger partial charge >= 0.3 is 5.69 Å². The number of nitro benzene ring substituents is 1. The lowest BCUT2D eigenvalue weighted by Gasteiger charge is -2.21. The third-order valence-corrected chi connectivity index (χ3v) is 3.26. The zero-order valence-corrected chi connectivity index (χ0v) is 10.2. The van der Waals surface area contributed by atoms with Gasteiger partial charge in [0.15, 0.2) is 0 Å². The first kappa shape index (κ1) is 13.4. The number of carbonyl (C=O) groups excluding carboxylic acids is 1. The van der Waals surface area contributed by atoms with Crippen LogP contribution in [0.4, 0.5) is 14.5 Å². The molecule has 1 aliphatic rings. The van der Waals surface area contributed by atoms with Gasteiger partial charge < -0.3 is 4.90 Å². The zero-order valence-electron chi connectivity index (χ0n) is 10.2. The molecule has 1 atom stereocenters. The number of nitro groups is 1. The van der Waals surface area contributed by atoms with Crippen LogP contribution in [-0.4, -0.2) is 28.3 Å². The Bertz CT molecular complexity index is 548. The second-order valence-corrected chi connectivity index (χ2v) is 4.53. The van der Waals surface area contributed by atoms with E-state index in [-0.39, 0.29) is 6.04 Å². The van der Waals surface area contributed by atoms with Crippen LogP contribution in [0.2, 0.25) is 0 Å². The van der Waals surface area contributed by atoms with Crippen molar-refractivity contribution in [2.45, 2.75) is 25.8 Å². The van der Waals surface area contributed by atoms with E-state index in [4.69, 9.17) is 0 Å². The zero-order chi connectivity index (χ0) is 14.2. The van der Waals surface area contributed by atoms with Crippen molar-refractivity contribution in [3.05, 3.63) is 39.4 Å². The third kappa shape index (κ3) is 2.40. The van der Waals surface area contributed by atoms with Gasteiger partial charge in [0, 0.05) is 12.6 Å². The summed E-state index contributed by atoms with van der Waals surface area (Å²) in [5.41, 5.74) is -1.60. The molecule has 0 spiro atoms. The van der Waals surface area contributed by atoms with Gasteiger partial charge in [-0.2, -0.15) is 4.39 Å². The molecule has 0 saturated carbocycles. The standard InChI is InChI=1S/C12H12F2N2O3/c1-7-3-2-4-15(7)12(17)9-5-8(13)6-10(11(9)14)16(18)19/h5-7H,2-4H2,1H3. The van der Waals surface area contributed by atoms with Crippen molar-refractivity contribution in [1.82, 2.24) is 4.90 Å². The van der Waals surface area contributed by atoms with Crippen molar-refractivity contribution < 1.29 is 18.5 Å². The predicted molar refractivity (Wildman–Crippen MR) is 62.7 cm³/mol. The van der Waals surface area contributed by atoms with Crippen LogP contribution in [-0.2, 0) is 0 Å². The summed E-state index contributed by atoms with van der Waals surface area (Å²) in [6, 6.07) is 1.10. The minimum atomic E-state index is -1.28. The maximum atomic E-state index is 13.9. The first-order valence-electron chi connectivity index (χ1n) is 5.86. The average molecular weight is 270 g/mol. The fraction of sp³-hybridized carbons (Fsp3) is 0.417. The number of carbonyl (C=O) groups is 1. The second-order valence-electron chi connectivity index (χ2n) is 4.53. The van der Waals surface area contributed by atoms with Gasteiger partial charge in [0.2, 0.25) is 5.82 Å².